The summed E-state index contributed by atoms with van der Waals surface area (Å²) in [6.07, 6.45) is 1.92. The predicted octanol–water partition coefficient (Wildman–Crippen LogP) is 4.33. The Morgan fingerprint density at radius 3 is 2.53 bits per heavy atom. The van der Waals surface area contributed by atoms with Gasteiger partial charge >= 0.3 is 0 Å². The lowest BCUT2D eigenvalue weighted by molar-refractivity contribution is 0.634. The third kappa shape index (κ3) is 3.30. The third-order valence-electron chi connectivity index (χ3n) is 2.31. The number of nitrogens with one attached hydrogen (secondary N) is 1. The zero-order valence-corrected chi connectivity index (χ0v) is 11.6. The Labute approximate surface area is 107 Å². The maximum atomic E-state index is 4.13. The monoisotopic (exact) mass is 246 g/mol. The number of benzene rings is 1. The molecule has 0 aliphatic heterocycles. The molecule has 0 saturated carbocycles. The van der Waals surface area contributed by atoms with E-state index in [-0.39, 0.29) is 5.54 Å². The summed E-state index contributed by atoms with van der Waals surface area (Å²) < 4.78 is 0. The molecular weight excluding hydrogens is 228 g/mol. The van der Waals surface area contributed by atoms with E-state index in [0.29, 0.717) is 0 Å². The highest BCUT2D eigenvalue weighted by Gasteiger charge is 2.10. The van der Waals surface area contributed by atoms with Crippen molar-refractivity contribution < 1.29 is 0 Å². The molecular formula is C14H18N2S. The first kappa shape index (κ1) is 12.1. The van der Waals surface area contributed by atoms with Gasteiger partial charge in [0.1, 0.15) is 0 Å². The van der Waals surface area contributed by atoms with Gasteiger partial charge in [0.2, 0.25) is 0 Å². The molecule has 0 spiro atoms. The molecule has 2 nitrogen and oxygen atoms in total. The molecule has 0 unspecified atom stereocenters. The van der Waals surface area contributed by atoms with E-state index in [1.54, 1.807) is 11.3 Å². The van der Waals surface area contributed by atoms with Gasteiger partial charge < -0.3 is 5.32 Å². The van der Waals surface area contributed by atoms with Crippen LogP contribution in [0.15, 0.2) is 29.9 Å². The normalized spacial score (nSPS) is 11.5. The molecule has 0 atom stereocenters. The quantitative estimate of drug-likeness (QED) is 0.853. The third-order valence-corrected chi connectivity index (χ3v) is 3.14. The lowest BCUT2D eigenvalue weighted by atomic mass is 10.1. The minimum Gasteiger partial charge on any atom is -0.380 e. The molecule has 17 heavy (non-hydrogen) atoms. The van der Waals surface area contributed by atoms with Gasteiger partial charge in [-0.2, -0.15) is 0 Å². The predicted molar refractivity (Wildman–Crippen MR) is 75.7 cm³/mol. The van der Waals surface area contributed by atoms with Crippen LogP contribution in [0.5, 0.6) is 0 Å². The molecule has 0 amide bonds. The standard InChI is InChI=1S/C14H18N2S/c1-10-5-11(13-8-15-9-17-13)7-12(6-10)16-14(2,3)4/h5-9,16H,1-4H3. The second kappa shape index (κ2) is 4.49. The number of hydrogen-bond donors (Lipinski definition) is 1. The molecule has 0 aliphatic rings. The fourth-order valence-corrected chi connectivity index (χ4v) is 2.40. The molecule has 0 radical (unpaired) electrons. The molecule has 0 saturated heterocycles. The number of rotatable bonds is 2. The second-order valence-corrected chi connectivity index (χ2v) is 6.21. The number of thiazole rings is 1. The number of anilines is 1. The number of aryl methyl sites for hydroxylation is 1. The van der Waals surface area contributed by atoms with E-state index in [0.717, 1.165) is 0 Å². The van der Waals surface area contributed by atoms with Crippen LogP contribution in [-0.4, -0.2) is 10.5 Å². The summed E-state index contributed by atoms with van der Waals surface area (Å²) in [5, 5.41) is 3.51. The van der Waals surface area contributed by atoms with E-state index in [2.05, 4.69) is 56.2 Å². The Morgan fingerprint density at radius 1 is 1.18 bits per heavy atom. The Kier molecular flexibility index (Phi) is 3.20. The highest BCUT2D eigenvalue weighted by atomic mass is 32.1. The van der Waals surface area contributed by atoms with Crippen molar-refractivity contribution in [2.45, 2.75) is 33.2 Å². The van der Waals surface area contributed by atoms with Gasteiger partial charge in [-0.3, -0.25) is 4.98 Å². The van der Waals surface area contributed by atoms with Crippen LogP contribution in [0.4, 0.5) is 5.69 Å². The van der Waals surface area contributed by atoms with Crippen LogP contribution in [0.1, 0.15) is 26.3 Å². The summed E-state index contributed by atoms with van der Waals surface area (Å²) in [4.78, 5) is 5.34. The summed E-state index contributed by atoms with van der Waals surface area (Å²) >= 11 is 1.67. The molecule has 0 fully saturated rings. The van der Waals surface area contributed by atoms with Crippen molar-refractivity contribution in [1.82, 2.24) is 4.98 Å². The Morgan fingerprint density at radius 2 is 1.94 bits per heavy atom. The fraction of sp³-hybridized carbons (Fsp3) is 0.357. The average Bonchev–Trinajstić information content (AvgIpc) is 2.65. The summed E-state index contributed by atoms with van der Waals surface area (Å²) in [6, 6.07) is 6.56. The highest BCUT2D eigenvalue weighted by molar-refractivity contribution is 7.13. The summed E-state index contributed by atoms with van der Waals surface area (Å²) in [7, 11) is 0. The van der Waals surface area contributed by atoms with Gasteiger partial charge in [0.05, 0.1) is 10.4 Å². The van der Waals surface area contributed by atoms with Crippen LogP contribution in [0.3, 0.4) is 0 Å². The molecule has 1 N–H and O–H groups in total. The van der Waals surface area contributed by atoms with Gasteiger partial charge in [-0.15, -0.1) is 11.3 Å². The highest BCUT2D eigenvalue weighted by Crippen LogP contribution is 2.28. The summed E-state index contributed by atoms with van der Waals surface area (Å²) in [5.74, 6) is 0. The molecule has 1 aromatic heterocycles. The van der Waals surface area contributed by atoms with Crippen LogP contribution in [-0.2, 0) is 0 Å². The molecule has 2 rings (SSSR count). The molecule has 90 valence electrons. The van der Waals surface area contributed by atoms with Gasteiger partial charge in [-0.05, 0) is 51.0 Å². The summed E-state index contributed by atoms with van der Waals surface area (Å²) in [5.41, 5.74) is 5.62. The number of aromatic nitrogens is 1. The van der Waals surface area contributed by atoms with Crippen molar-refractivity contribution in [2.75, 3.05) is 5.32 Å². The van der Waals surface area contributed by atoms with Crippen LogP contribution in [0, 0.1) is 6.92 Å². The van der Waals surface area contributed by atoms with Crippen molar-refractivity contribution in [2.24, 2.45) is 0 Å². The van der Waals surface area contributed by atoms with E-state index >= 15 is 0 Å². The van der Waals surface area contributed by atoms with Crippen molar-refractivity contribution in [3.05, 3.63) is 35.5 Å². The van der Waals surface area contributed by atoms with Crippen molar-refractivity contribution in [1.29, 1.82) is 0 Å². The van der Waals surface area contributed by atoms with Gasteiger partial charge in [-0.1, -0.05) is 6.07 Å². The first-order chi connectivity index (χ1) is 7.94. The van der Waals surface area contributed by atoms with E-state index in [1.165, 1.54) is 21.7 Å². The average molecular weight is 246 g/mol. The van der Waals surface area contributed by atoms with E-state index < -0.39 is 0 Å². The van der Waals surface area contributed by atoms with Crippen LogP contribution in [0.25, 0.3) is 10.4 Å². The minimum atomic E-state index is 0.0821. The van der Waals surface area contributed by atoms with Crippen LogP contribution >= 0.6 is 11.3 Å². The van der Waals surface area contributed by atoms with Crippen molar-refractivity contribution in [3.63, 3.8) is 0 Å². The van der Waals surface area contributed by atoms with Crippen molar-refractivity contribution in [3.8, 4) is 10.4 Å². The van der Waals surface area contributed by atoms with Crippen molar-refractivity contribution >= 4 is 17.0 Å². The Bertz CT molecular complexity index is 495. The lowest BCUT2D eigenvalue weighted by Gasteiger charge is -2.22. The summed E-state index contributed by atoms with van der Waals surface area (Å²) in [6.45, 7) is 8.63. The van der Waals surface area contributed by atoms with Gasteiger partial charge in [0.15, 0.2) is 0 Å². The van der Waals surface area contributed by atoms with Gasteiger partial charge in [0.25, 0.3) is 0 Å². The molecule has 1 aromatic carbocycles. The molecule has 2 aromatic rings. The van der Waals surface area contributed by atoms with Gasteiger partial charge in [-0.25, -0.2) is 0 Å². The second-order valence-electron chi connectivity index (χ2n) is 5.33. The SMILES string of the molecule is Cc1cc(NC(C)(C)C)cc(-c2cncs2)c1. The maximum Gasteiger partial charge on any atom is 0.0797 e. The van der Waals surface area contributed by atoms with Crippen LogP contribution < -0.4 is 5.32 Å². The minimum absolute atomic E-state index is 0.0821. The first-order valence-electron chi connectivity index (χ1n) is 5.73. The number of hydrogen-bond acceptors (Lipinski definition) is 3. The molecule has 3 heteroatoms. The topological polar surface area (TPSA) is 24.9 Å². The zero-order chi connectivity index (χ0) is 12.5. The number of nitrogens with zero attached hydrogens (tertiary/aromatic N) is 1. The van der Waals surface area contributed by atoms with Gasteiger partial charge in [0, 0.05) is 17.4 Å². The maximum absolute atomic E-state index is 4.13. The smallest absolute Gasteiger partial charge is 0.0797 e. The largest absolute Gasteiger partial charge is 0.380 e. The fourth-order valence-electron chi connectivity index (χ4n) is 1.79. The molecule has 0 aliphatic carbocycles. The van der Waals surface area contributed by atoms with E-state index in [9.17, 15) is 0 Å². The molecule has 1 heterocycles. The first-order valence-corrected chi connectivity index (χ1v) is 6.61. The lowest BCUT2D eigenvalue weighted by Crippen LogP contribution is -2.26. The van der Waals surface area contributed by atoms with Crippen LogP contribution in [0.2, 0.25) is 0 Å². The zero-order valence-electron chi connectivity index (χ0n) is 10.7. The molecule has 0 bridgehead atoms. The van der Waals surface area contributed by atoms with E-state index in [1.807, 2.05) is 11.7 Å². The van der Waals surface area contributed by atoms with E-state index in [4.69, 9.17) is 0 Å². The Hall–Kier alpha value is -1.35. The Balaban J connectivity index is 2.36.